The second-order valence-electron chi connectivity index (χ2n) is 7.68. The predicted molar refractivity (Wildman–Crippen MR) is 117 cm³/mol. The highest BCUT2D eigenvalue weighted by molar-refractivity contribution is 6.04. The number of nitrogens with one attached hydrogen (secondary N) is 1. The quantitative estimate of drug-likeness (QED) is 0.412. The molecule has 13 heteroatoms. The Morgan fingerprint density at radius 1 is 1.17 bits per heavy atom. The number of aromatic nitrogens is 2. The number of nitrogens with zero attached hydrogens (tertiary/aromatic N) is 4. The lowest BCUT2D eigenvalue weighted by atomic mass is 10.1. The van der Waals surface area contributed by atoms with Crippen LogP contribution in [0.25, 0.3) is 0 Å². The molecule has 184 valence electrons. The Labute approximate surface area is 197 Å². The van der Waals surface area contributed by atoms with Crippen molar-refractivity contribution in [2.75, 3.05) is 25.0 Å². The van der Waals surface area contributed by atoms with E-state index in [1.165, 1.54) is 18.3 Å². The molecule has 1 N–H and O–H groups in total. The molecule has 1 aliphatic rings. The number of halogens is 3. The fourth-order valence-electron chi connectivity index (χ4n) is 3.52. The van der Waals surface area contributed by atoms with E-state index in [-0.39, 0.29) is 17.4 Å². The zero-order chi connectivity index (χ0) is 25.0. The molecule has 35 heavy (non-hydrogen) atoms. The van der Waals surface area contributed by atoms with E-state index in [1.807, 2.05) is 12.1 Å². The lowest BCUT2D eigenvalue weighted by molar-refractivity contribution is -0.389. The summed E-state index contributed by atoms with van der Waals surface area (Å²) in [5, 5.41) is 13.6. The van der Waals surface area contributed by atoms with Gasteiger partial charge in [0.25, 0.3) is 5.91 Å². The fourth-order valence-corrected chi connectivity index (χ4v) is 3.52. The molecule has 1 amide bonds. The van der Waals surface area contributed by atoms with Crippen molar-refractivity contribution in [3.63, 3.8) is 0 Å². The first-order valence-corrected chi connectivity index (χ1v) is 10.5. The third-order valence-electron chi connectivity index (χ3n) is 5.16. The topological polar surface area (TPSA) is 112 Å². The molecule has 0 spiro atoms. The van der Waals surface area contributed by atoms with Crippen LogP contribution in [0.15, 0.2) is 54.7 Å². The zero-order valence-electron chi connectivity index (χ0n) is 18.2. The Balaban J connectivity index is 1.34. The van der Waals surface area contributed by atoms with Crippen molar-refractivity contribution in [2.45, 2.75) is 19.5 Å². The molecule has 1 aromatic heterocycles. The third-order valence-corrected chi connectivity index (χ3v) is 5.16. The number of amides is 1. The zero-order valence-corrected chi connectivity index (χ0v) is 18.2. The van der Waals surface area contributed by atoms with Crippen molar-refractivity contribution in [1.29, 1.82) is 0 Å². The van der Waals surface area contributed by atoms with E-state index >= 15 is 0 Å². The summed E-state index contributed by atoms with van der Waals surface area (Å²) >= 11 is 0. The first kappa shape index (κ1) is 24.0. The maximum atomic E-state index is 12.4. The van der Waals surface area contributed by atoms with E-state index in [0.717, 1.165) is 17.7 Å². The molecule has 4 rings (SSSR count). The molecular formula is C22H20F3N5O5. The number of ether oxygens (including phenoxy) is 2. The van der Waals surface area contributed by atoms with Crippen LogP contribution < -0.4 is 14.8 Å². The van der Waals surface area contributed by atoms with Crippen LogP contribution in [0.2, 0.25) is 0 Å². The molecule has 0 atom stereocenters. The van der Waals surface area contributed by atoms with E-state index in [1.54, 1.807) is 16.7 Å². The number of hydrogen-bond donors (Lipinski definition) is 1. The molecule has 2 heterocycles. The smallest absolute Gasteiger partial charge is 0.444 e. The number of fused-ring (bicyclic) bond motifs is 1. The van der Waals surface area contributed by atoms with Crippen molar-refractivity contribution in [2.24, 2.45) is 0 Å². The summed E-state index contributed by atoms with van der Waals surface area (Å²) < 4.78 is 48.2. The summed E-state index contributed by atoms with van der Waals surface area (Å²) in [5.41, 5.74) is 1.46. The molecule has 2 aromatic carbocycles. The second-order valence-corrected chi connectivity index (χ2v) is 7.68. The average molecular weight is 491 g/mol. The third kappa shape index (κ3) is 6.47. The van der Waals surface area contributed by atoms with Crippen molar-refractivity contribution < 1.29 is 32.4 Å². The van der Waals surface area contributed by atoms with Crippen LogP contribution in [0.3, 0.4) is 0 Å². The van der Waals surface area contributed by atoms with Gasteiger partial charge < -0.3 is 24.9 Å². The van der Waals surface area contributed by atoms with Crippen LogP contribution >= 0.6 is 0 Å². The minimum Gasteiger partial charge on any atom is -0.444 e. The summed E-state index contributed by atoms with van der Waals surface area (Å²) in [6, 6.07) is 12.1. The Morgan fingerprint density at radius 3 is 2.66 bits per heavy atom. The maximum absolute atomic E-state index is 12.4. The number of imidazole rings is 1. The van der Waals surface area contributed by atoms with E-state index in [0.29, 0.717) is 38.5 Å². The largest absolute Gasteiger partial charge is 0.573 e. The van der Waals surface area contributed by atoms with Gasteiger partial charge in [0.15, 0.2) is 0 Å². The molecule has 1 aliphatic heterocycles. The molecule has 0 saturated carbocycles. The molecule has 0 unspecified atom stereocenters. The SMILES string of the molecule is O=C(Nc1ccc(CN2CCOc3nc([N+](=O)[O-])cn3CC2)cc1)c1cccc(OC(F)(F)F)c1. The number of carbonyl (C=O) groups excluding carboxylic acids is 1. The highest BCUT2D eigenvalue weighted by Gasteiger charge is 2.31. The number of hydrogen-bond acceptors (Lipinski definition) is 7. The van der Waals surface area contributed by atoms with Crippen LogP contribution in [0.4, 0.5) is 24.7 Å². The van der Waals surface area contributed by atoms with Gasteiger partial charge in [0.05, 0.1) is 0 Å². The first-order chi connectivity index (χ1) is 16.7. The van der Waals surface area contributed by atoms with Gasteiger partial charge in [0.2, 0.25) is 0 Å². The number of anilines is 1. The van der Waals surface area contributed by atoms with Gasteiger partial charge in [-0.25, -0.2) is 0 Å². The number of carbonyl (C=O) groups is 1. The predicted octanol–water partition coefficient (Wildman–Crippen LogP) is 3.84. The van der Waals surface area contributed by atoms with E-state index in [2.05, 4.69) is 19.9 Å². The molecule has 0 radical (unpaired) electrons. The number of alkyl halides is 3. The van der Waals surface area contributed by atoms with E-state index in [9.17, 15) is 28.1 Å². The van der Waals surface area contributed by atoms with Gasteiger partial charge >= 0.3 is 18.2 Å². The number of rotatable bonds is 6. The van der Waals surface area contributed by atoms with Crippen LogP contribution in [0.1, 0.15) is 15.9 Å². The average Bonchev–Trinajstić information content (AvgIpc) is 3.18. The molecule has 0 fully saturated rings. The summed E-state index contributed by atoms with van der Waals surface area (Å²) in [5.74, 6) is -1.31. The van der Waals surface area contributed by atoms with Crippen molar-refractivity contribution in [3.8, 4) is 11.8 Å². The number of benzene rings is 2. The van der Waals surface area contributed by atoms with Crippen molar-refractivity contribution in [3.05, 3.63) is 76.0 Å². The Hall–Kier alpha value is -4.13. The van der Waals surface area contributed by atoms with Crippen molar-refractivity contribution in [1.82, 2.24) is 14.5 Å². The number of nitro groups is 1. The second kappa shape index (κ2) is 10.0. The van der Waals surface area contributed by atoms with Crippen LogP contribution in [-0.2, 0) is 13.1 Å². The van der Waals surface area contributed by atoms with Gasteiger partial charge in [0, 0.05) is 42.4 Å². The summed E-state index contributed by atoms with van der Waals surface area (Å²) in [7, 11) is 0. The molecular weight excluding hydrogens is 471 g/mol. The van der Waals surface area contributed by atoms with Gasteiger partial charge in [0.1, 0.15) is 18.6 Å². The summed E-state index contributed by atoms with van der Waals surface area (Å²) in [4.78, 5) is 28.8. The van der Waals surface area contributed by atoms with Crippen LogP contribution in [0, 0.1) is 10.1 Å². The lowest BCUT2D eigenvalue weighted by Crippen LogP contribution is -2.33. The van der Waals surface area contributed by atoms with Gasteiger partial charge in [-0.1, -0.05) is 18.2 Å². The van der Waals surface area contributed by atoms with Crippen LogP contribution in [-0.4, -0.2) is 51.3 Å². The minimum atomic E-state index is -4.84. The van der Waals surface area contributed by atoms with Gasteiger partial charge in [-0.15, -0.1) is 13.2 Å². The summed E-state index contributed by atoms with van der Waals surface area (Å²) in [6.07, 6.45) is -3.50. The fraction of sp³-hybridized carbons (Fsp3) is 0.273. The molecule has 0 bridgehead atoms. The van der Waals surface area contributed by atoms with E-state index in [4.69, 9.17) is 4.74 Å². The van der Waals surface area contributed by atoms with Crippen molar-refractivity contribution >= 4 is 17.4 Å². The Kier molecular flexibility index (Phi) is 6.87. The molecule has 0 aliphatic carbocycles. The lowest BCUT2D eigenvalue weighted by Gasteiger charge is -2.24. The van der Waals surface area contributed by atoms with Gasteiger partial charge in [-0.05, 0) is 40.8 Å². The first-order valence-electron chi connectivity index (χ1n) is 10.5. The normalized spacial score (nSPS) is 14.3. The minimum absolute atomic E-state index is 0.0237. The van der Waals surface area contributed by atoms with Gasteiger partial charge in [-0.2, -0.15) is 0 Å². The molecule has 3 aromatic rings. The van der Waals surface area contributed by atoms with Crippen LogP contribution in [0.5, 0.6) is 11.8 Å². The standard InChI is InChI=1S/C22H20F3N5O5/c23-22(24,25)35-18-3-1-2-16(12-18)20(31)26-17-6-4-15(5-7-17)13-28-8-9-29-14-19(30(32)33)27-21(29)34-11-10-28/h1-7,12,14H,8-11,13H2,(H,26,31). The molecule has 0 saturated heterocycles. The highest BCUT2D eigenvalue weighted by atomic mass is 19.4. The molecule has 10 nitrogen and oxygen atoms in total. The van der Waals surface area contributed by atoms with E-state index < -0.39 is 22.9 Å². The summed E-state index contributed by atoms with van der Waals surface area (Å²) in [6.45, 7) is 2.59. The Bertz CT molecular complexity index is 1210. The monoisotopic (exact) mass is 491 g/mol. The Morgan fingerprint density at radius 2 is 1.94 bits per heavy atom. The maximum Gasteiger partial charge on any atom is 0.573 e. The highest BCUT2D eigenvalue weighted by Crippen LogP contribution is 2.24. The van der Waals surface area contributed by atoms with Gasteiger partial charge in [-0.3, -0.25) is 14.3 Å².